The zero-order chi connectivity index (χ0) is 25.4. The van der Waals surface area contributed by atoms with Crippen molar-refractivity contribution in [2.75, 3.05) is 31.2 Å². The van der Waals surface area contributed by atoms with Crippen LogP contribution in [-0.4, -0.2) is 61.9 Å². The molecule has 1 fully saturated rings. The average Bonchev–Trinajstić information content (AvgIpc) is 3.29. The summed E-state index contributed by atoms with van der Waals surface area (Å²) in [6, 6.07) is 14.3. The predicted molar refractivity (Wildman–Crippen MR) is 143 cm³/mol. The topological polar surface area (TPSA) is 106 Å². The van der Waals surface area contributed by atoms with Gasteiger partial charge in [0.1, 0.15) is 5.69 Å². The summed E-state index contributed by atoms with van der Waals surface area (Å²) in [5, 5.41) is 15.0. The van der Waals surface area contributed by atoms with Crippen molar-refractivity contribution < 1.29 is 45.6 Å². The Morgan fingerprint density at radius 2 is 1.92 bits per heavy atom. The van der Waals surface area contributed by atoms with Gasteiger partial charge in [0.2, 0.25) is 0 Å². The van der Waals surface area contributed by atoms with Gasteiger partial charge in [-0.3, -0.25) is 4.98 Å². The van der Waals surface area contributed by atoms with E-state index < -0.39 is 5.97 Å². The Labute approximate surface area is 246 Å². The van der Waals surface area contributed by atoms with Crippen LogP contribution in [0.15, 0.2) is 60.9 Å². The number of morpholine rings is 1. The first kappa shape index (κ1) is 26.3. The van der Waals surface area contributed by atoms with E-state index in [1.165, 1.54) is 0 Å². The van der Waals surface area contributed by atoms with Gasteiger partial charge in [-0.2, -0.15) is 5.10 Å². The van der Waals surface area contributed by atoms with Gasteiger partial charge in [-0.05, 0) is 48.6 Å². The smallest absolute Gasteiger partial charge is 1.00 e. The molecule has 9 nitrogen and oxygen atoms in total. The maximum atomic E-state index is 11.6. The molecule has 0 saturated carbocycles. The first-order chi connectivity index (χ1) is 18.1. The van der Waals surface area contributed by atoms with Gasteiger partial charge in [-0.15, -0.1) is 0 Å². The second kappa shape index (κ2) is 11.2. The first-order valence-corrected chi connectivity index (χ1v) is 12.1. The molecule has 0 atom stereocenters. The molecule has 1 saturated heterocycles. The number of aromatic carboxylic acids is 1. The van der Waals surface area contributed by atoms with Crippen molar-refractivity contribution in [2.24, 2.45) is 0 Å². The molecule has 38 heavy (non-hydrogen) atoms. The van der Waals surface area contributed by atoms with Crippen LogP contribution in [0.1, 0.15) is 23.2 Å². The van der Waals surface area contributed by atoms with Crippen molar-refractivity contribution in [1.29, 1.82) is 0 Å². The molecule has 1 aromatic carbocycles. The van der Waals surface area contributed by atoms with Crippen molar-refractivity contribution in [1.82, 2.24) is 24.6 Å². The fourth-order valence-corrected chi connectivity index (χ4v) is 4.71. The third kappa shape index (κ3) is 5.03. The van der Waals surface area contributed by atoms with Crippen molar-refractivity contribution >= 4 is 52.0 Å². The van der Waals surface area contributed by atoms with E-state index in [1.54, 1.807) is 47.2 Å². The number of carboxylic acids is 1. The van der Waals surface area contributed by atoms with E-state index in [1.807, 2.05) is 30.4 Å². The van der Waals surface area contributed by atoms with E-state index in [-0.39, 0.29) is 36.5 Å². The summed E-state index contributed by atoms with van der Waals surface area (Å²) in [5.41, 5.74) is 5.34. The normalized spacial score (nSPS) is 13.8. The monoisotopic (exact) mass is 536 g/mol. The minimum atomic E-state index is -0.983. The summed E-state index contributed by atoms with van der Waals surface area (Å²) >= 11 is 6.47. The molecule has 0 radical (unpaired) electrons. The zero-order valence-electron chi connectivity index (χ0n) is 21.6. The van der Waals surface area contributed by atoms with Gasteiger partial charge in [-0.25, -0.2) is 19.3 Å². The number of pyridine rings is 2. The summed E-state index contributed by atoms with van der Waals surface area (Å²) in [6.07, 6.45) is 7.21. The number of carbonyl (C=O) groups is 1. The molecule has 5 heterocycles. The van der Waals surface area contributed by atoms with Crippen LogP contribution in [-0.2, 0) is 4.74 Å². The number of carboxylic acid groups (broad SMARTS) is 1. The standard InChI is InChI=1S/C27H21ClN6O3.Na.H/c28-24-15-23(33-11-13-37-14-12-33)26-31-22(25(34(26)32-24)17-3-2-10-29-16-17)9-7-18-6-8-19-20(27(35)36)4-1-5-21(19)30-18;;/h1-10,15-16H,11-14H2,(H,35,36);;/q;+1;-1. The molecular formula is C27H22ClN6NaO3. The number of halogens is 1. The molecule has 0 bridgehead atoms. The third-order valence-corrected chi connectivity index (χ3v) is 6.43. The molecule has 0 spiro atoms. The molecule has 1 aliphatic rings. The van der Waals surface area contributed by atoms with Crippen LogP contribution in [0.4, 0.5) is 5.69 Å². The number of benzene rings is 1. The van der Waals surface area contributed by atoms with E-state index in [0.717, 1.165) is 30.0 Å². The molecule has 1 aliphatic heterocycles. The molecule has 0 aliphatic carbocycles. The summed E-state index contributed by atoms with van der Waals surface area (Å²) in [4.78, 5) is 27.6. The van der Waals surface area contributed by atoms with Crippen molar-refractivity contribution in [3.63, 3.8) is 0 Å². The Morgan fingerprint density at radius 1 is 1.08 bits per heavy atom. The number of ether oxygens (including phenoxy) is 1. The average molecular weight is 537 g/mol. The Kier molecular flexibility index (Phi) is 7.73. The number of hydrogen-bond donors (Lipinski definition) is 1. The summed E-state index contributed by atoms with van der Waals surface area (Å²) in [7, 11) is 0. The van der Waals surface area contributed by atoms with Crippen LogP contribution in [0.3, 0.4) is 0 Å². The van der Waals surface area contributed by atoms with Gasteiger partial charge >= 0.3 is 35.5 Å². The minimum absolute atomic E-state index is 0. The Morgan fingerprint density at radius 3 is 2.68 bits per heavy atom. The van der Waals surface area contributed by atoms with Crippen LogP contribution in [0, 0.1) is 0 Å². The number of fused-ring (bicyclic) bond motifs is 2. The quantitative estimate of drug-likeness (QED) is 0.339. The minimum Gasteiger partial charge on any atom is -1.00 e. The Hall–Kier alpha value is -3.34. The second-order valence-electron chi connectivity index (χ2n) is 8.52. The number of imidazole rings is 1. The van der Waals surface area contributed by atoms with Crippen LogP contribution in [0.2, 0.25) is 5.15 Å². The fourth-order valence-electron chi connectivity index (χ4n) is 4.53. The largest absolute Gasteiger partial charge is 1.00 e. The van der Waals surface area contributed by atoms with Crippen molar-refractivity contribution in [3.05, 3.63) is 83.0 Å². The number of nitrogens with zero attached hydrogens (tertiary/aromatic N) is 6. The maximum Gasteiger partial charge on any atom is 1.00 e. The molecule has 4 aromatic heterocycles. The summed E-state index contributed by atoms with van der Waals surface area (Å²) < 4.78 is 7.28. The predicted octanol–water partition coefficient (Wildman–Crippen LogP) is 1.81. The number of aromatic nitrogens is 5. The van der Waals surface area contributed by atoms with E-state index in [4.69, 9.17) is 21.3 Å². The third-order valence-electron chi connectivity index (χ3n) is 6.24. The fraction of sp³-hybridized carbons (Fsp3) is 0.148. The first-order valence-electron chi connectivity index (χ1n) is 11.7. The van der Waals surface area contributed by atoms with E-state index in [0.29, 0.717) is 46.3 Å². The van der Waals surface area contributed by atoms with E-state index >= 15 is 0 Å². The van der Waals surface area contributed by atoms with Crippen LogP contribution >= 0.6 is 11.6 Å². The molecule has 6 rings (SSSR count). The molecule has 11 heteroatoms. The van der Waals surface area contributed by atoms with Gasteiger partial charge in [-0.1, -0.05) is 17.7 Å². The Bertz CT molecular complexity index is 1680. The van der Waals surface area contributed by atoms with Crippen LogP contribution in [0.25, 0.3) is 40.0 Å². The molecule has 0 unspecified atom stereocenters. The van der Waals surface area contributed by atoms with Crippen molar-refractivity contribution in [3.8, 4) is 11.3 Å². The van der Waals surface area contributed by atoms with Gasteiger partial charge in [0, 0.05) is 42.5 Å². The molecule has 0 amide bonds. The van der Waals surface area contributed by atoms with E-state index in [2.05, 4.69) is 20.0 Å². The Balaban J connectivity index is 0.00000176. The summed E-state index contributed by atoms with van der Waals surface area (Å²) in [5.74, 6) is -0.983. The number of anilines is 1. The van der Waals surface area contributed by atoms with Crippen LogP contribution in [0.5, 0.6) is 0 Å². The van der Waals surface area contributed by atoms with Gasteiger partial charge in [0.15, 0.2) is 10.8 Å². The SMILES string of the molecule is O=C(O)c1cccc2nc(C=Cc3nc4c(N5CCOCC5)cc(Cl)nn4c3-c3cccnc3)ccc12.[H-].[Na+]. The number of rotatable bonds is 5. The van der Waals surface area contributed by atoms with Crippen molar-refractivity contribution in [2.45, 2.75) is 0 Å². The van der Waals surface area contributed by atoms with Gasteiger partial charge in [0.25, 0.3) is 0 Å². The molecule has 1 N–H and O–H groups in total. The molecular weight excluding hydrogens is 515 g/mol. The second-order valence-corrected chi connectivity index (χ2v) is 8.91. The van der Waals surface area contributed by atoms with E-state index in [9.17, 15) is 9.90 Å². The maximum absolute atomic E-state index is 11.6. The summed E-state index contributed by atoms with van der Waals surface area (Å²) in [6.45, 7) is 2.73. The molecule has 5 aromatic rings. The van der Waals surface area contributed by atoms with Gasteiger partial charge in [0.05, 0.1) is 41.4 Å². The molecule has 186 valence electrons. The van der Waals surface area contributed by atoms with Gasteiger partial charge < -0.3 is 16.2 Å². The zero-order valence-corrected chi connectivity index (χ0v) is 23.3. The number of hydrogen-bond acceptors (Lipinski definition) is 7. The van der Waals surface area contributed by atoms with Crippen LogP contribution < -0.4 is 34.5 Å².